The molecule has 0 aromatic carbocycles. The molecular formula is C32H58O8. The number of carbonyl (C=O) groups excluding carboxylic acids is 4. The summed E-state index contributed by atoms with van der Waals surface area (Å²) in [6.07, 6.45) is 13.8. The first-order chi connectivity index (χ1) is 19.4. The molecule has 0 N–H and O–H groups in total. The summed E-state index contributed by atoms with van der Waals surface area (Å²) < 4.78 is 22.3. The van der Waals surface area contributed by atoms with E-state index >= 15 is 0 Å². The summed E-state index contributed by atoms with van der Waals surface area (Å²) in [7, 11) is 0. The summed E-state index contributed by atoms with van der Waals surface area (Å²) in [5, 5.41) is 0. The fraction of sp³-hybridized carbons (Fsp3) is 0.875. The van der Waals surface area contributed by atoms with Crippen LogP contribution in [0.4, 0.5) is 0 Å². The number of carbonyl (C=O) groups is 4. The van der Waals surface area contributed by atoms with Crippen molar-refractivity contribution in [3.05, 3.63) is 0 Å². The molecule has 0 aromatic rings. The normalized spacial score (nSPS) is 12.4. The number of hydrogen-bond acceptors (Lipinski definition) is 8. The maximum atomic E-state index is 12.7. The Hall–Kier alpha value is -2.12. The van der Waals surface area contributed by atoms with Crippen LogP contribution in [0.3, 0.4) is 0 Å². The standard InChI is InChI=1S/C32H58O8/c1-5-9-13-17-21-29(33)37-25-27(39-31(35)23-19-15-11-7-3)28(40-32(36)24-20-16-12-8-4)26-38-30(34)22-18-14-10-6-2/h27-28H,5-26H2,1-4H3/t27-,28+. The molecule has 0 fully saturated rings. The Labute approximate surface area is 243 Å². The topological polar surface area (TPSA) is 105 Å². The van der Waals surface area contributed by atoms with Crippen molar-refractivity contribution in [2.75, 3.05) is 13.2 Å². The van der Waals surface area contributed by atoms with Gasteiger partial charge < -0.3 is 18.9 Å². The Balaban J connectivity index is 5.38. The predicted molar refractivity (Wildman–Crippen MR) is 157 cm³/mol. The van der Waals surface area contributed by atoms with Gasteiger partial charge in [0, 0.05) is 25.7 Å². The van der Waals surface area contributed by atoms with Crippen molar-refractivity contribution in [1.29, 1.82) is 0 Å². The summed E-state index contributed by atoms with van der Waals surface area (Å²) in [6, 6.07) is 0. The number of unbranched alkanes of at least 4 members (excludes halogenated alkanes) is 12. The molecule has 0 aliphatic heterocycles. The first kappa shape index (κ1) is 37.9. The van der Waals surface area contributed by atoms with E-state index in [2.05, 4.69) is 27.7 Å². The van der Waals surface area contributed by atoms with Gasteiger partial charge in [-0.2, -0.15) is 0 Å². The molecule has 0 aliphatic rings. The molecule has 0 rings (SSSR count). The Morgan fingerprint density at radius 3 is 0.950 bits per heavy atom. The Morgan fingerprint density at radius 2 is 0.675 bits per heavy atom. The Morgan fingerprint density at radius 1 is 0.400 bits per heavy atom. The molecule has 0 aliphatic carbocycles. The zero-order valence-electron chi connectivity index (χ0n) is 26.0. The molecule has 0 radical (unpaired) electrons. The average Bonchev–Trinajstić information content (AvgIpc) is 2.94. The van der Waals surface area contributed by atoms with Gasteiger partial charge in [0.05, 0.1) is 0 Å². The quantitative estimate of drug-likeness (QED) is 0.0560. The van der Waals surface area contributed by atoms with Gasteiger partial charge in [-0.1, -0.05) is 105 Å². The number of hydrogen-bond donors (Lipinski definition) is 0. The minimum atomic E-state index is -1.05. The van der Waals surface area contributed by atoms with E-state index in [4.69, 9.17) is 18.9 Å². The predicted octanol–water partition coefficient (Wildman–Crippen LogP) is 7.78. The van der Waals surface area contributed by atoms with Crippen molar-refractivity contribution in [3.8, 4) is 0 Å². The highest BCUT2D eigenvalue weighted by Crippen LogP contribution is 2.15. The first-order valence-corrected chi connectivity index (χ1v) is 16.1. The molecule has 0 saturated heterocycles. The van der Waals surface area contributed by atoms with Crippen molar-refractivity contribution in [1.82, 2.24) is 0 Å². The van der Waals surface area contributed by atoms with Gasteiger partial charge in [-0.25, -0.2) is 0 Å². The van der Waals surface area contributed by atoms with E-state index in [1.165, 1.54) is 0 Å². The summed E-state index contributed by atoms with van der Waals surface area (Å²) in [6.45, 7) is 7.88. The second-order valence-corrected chi connectivity index (χ2v) is 10.7. The fourth-order valence-electron chi connectivity index (χ4n) is 4.17. The summed E-state index contributed by atoms with van der Waals surface area (Å²) >= 11 is 0. The van der Waals surface area contributed by atoms with Crippen LogP contribution in [0.25, 0.3) is 0 Å². The first-order valence-electron chi connectivity index (χ1n) is 16.1. The van der Waals surface area contributed by atoms with Crippen molar-refractivity contribution < 1.29 is 38.1 Å². The van der Waals surface area contributed by atoms with E-state index in [9.17, 15) is 19.2 Å². The fourth-order valence-corrected chi connectivity index (χ4v) is 4.17. The molecule has 0 aromatic heterocycles. The molecule has 0 saturated carbocycles. The van der Waals surface area contributed by atoms with Gasteiger partial charge in [0.25, 0.3) is 0 Å². The van der Waals surface area contributed by atoms with E-state index in [0.717, 1.165) is 89.9 Å². The van der Waals surface area contributed by atoms with Crippen molar-refractivity contribution >= 4 is 23.9 Å². The third kappa shape index (κ3) is 22.7. The third-order valence-corrected chi connectivity index (χ3v) is 6.74. The second-order valence-electron chi connectivity index (χ2n) is 10.7. The zero-order chi connectivity index (χ0) is 29.8. The van der Waals surface area contributed by atoms with Gasteiger partial charge >= 0.3 is 23.9 Å². The number of esters is 4. The van der Waals surface area contributed by atoms with Crippen LogP contribution in [0.15, 0.2) is 0 Å². The van der Waals surface area contributed by atoms with Crippen LogP contribution in [0.5, 0.6) is 0 Å². The van der Waals surface area contributed by atoms with Gasteiger partial charge in [0.2, 0.25) is 0 Å². The average molecular weight is 571 g/mol. The van der Waals surface area contributed by atoms with Gasteiger partial charge in [0.15, 0.2) is 12.2 Å². The van der Waals surface area contributed by atoms with Gasteiger partial charge in [-0.05, 0) is 25.7 Å². The summed E-state index contributed by atoms with van der Waals surface area (Å²) in [5.41, 5.74) is 0. The lowest BCUT2D eigenvalue weighted by Gasteiger charge is -2.26. The number of ether oxygens (including phenoxy) is 4. The lowest BCUT2D eigenvalue weighted by molar-refractivity contribution is -0.183. The van der Waals surface area contributed by atoms with Gasteiger partial charge in [-0.3, -0.25) is 19.2 Å². The van der Waals surface area contributed by atoms with Gasteiger partial charge in [-0.15, -0.1) is 0 Å². The van der Waals surface area contributed by atoms with E-state index < -0.39 is 36.1 Å². The van der Waals surface area contributed by atoms with Crippen LogP contribution in [0.2, 0.25) is 0 Å². The van der Waals surface area contributed by atoms with Crippen LogP contribution in [-0.4, -0.2) is 49.3 Å². The van der Waals surface area contributed by atoms with Crippen LogP contribution in [0, 0.1) is 0 Å². The van der Waals surface area contributed by atoms with Gasteiger partial charge in [0.1, 0.15) is 13.2 Å². The van der Waals surface area contributed by atoms with Crippen LogP contribution in [0.1, 0.15) is 156 Å². The highest BCUT2D eigenvalue weighted by molar-refractivity contribution is 5.72. The second kappa shape index (κ2) is 27.1. The van der Waals surface area contributed by atoms with E-state index in [0.29, 0.717) is 12.8 Å². The molecule has 8 heteroatoms. The molecule has 8 nitrogen and oxygen atoms in total. The maximum absolute atomic E-state index is 12.7. The van der Waals surface area contributed by atoms with Crippen molar-refractivity contribution in [3.63, 3.8) is 0 Å². The van der Waals surface area contributed by atoms with E-state index in [1.54, 1.807) is 0 Å². The SMILES string of the molecule is CCCCCCC(=O)OC[C@H](OC(=O)CCCCCC)[C@@H](COC(=O)CCCCCC)OC(=O)CCCCCC. The monoisotopic (exact) mass is 570 g/mol. The zero-order valence-corrected chi connectivity index (χ0v) is 26.0. The lowest BCUT2D eigenvalue weighted by atomic mass is 10.1. The van der Waals surface area contributed by atoms with Crippen molar-refractivity contribution in [2.45, 2.75) is 168 Å². The minimum Gasteiger partial charge on any atom is -0.462 e. The number of rotatable bonds is 27. The molecule has 0 spiro atoms. The smallest absolute Gasteiger partial charge is 0.306 e. The third-order valence-electron chi connectivity index (χ3n) is 6.74. The molecule has 0 unspecified atom stereocenters. The highest BCUT2D eigenvalue weighted by Gasteiger charge is 2.31. The summed E-state index contributed by atoms with van der Waals surface area (Å²) in [4.78, 5) is 50.1. The largest absolute Gasteiger partial charge is 0.462 e. The molecule has 0 amide bonds. The minimum absolute atomic E-state index is 0.219. The molecule has 2 atom stereocenters. The molecule has 40 heavy (non-hydrogen) atoms. The Bertz CT molecular complexity index is 607. The summed E-state index contributed by atoms with van der Waals surface area (Å²) in [5.74, 6) is -1.68. The van der Waals surface area contributed by atoms with Crippen molar-refractivity contribution in [2.24, 2.45) is 0 Å². The maximum Gasteiger partial charge on any atom is 0.306 e. The van der Waals surface area contributed by atoms with E-state index in [-0.39, 0.29) is 38.9 Å². The lowest BCUT2D eigenvalue weighted by Crippen LogP contribution is -2.42. The molecular weight excluding hydrogens is 512 g/mol. The van der Waals surface area contributed by atoms with Crippen LogP contribution < -0.4 is 0 Å². The van der Waals surface area contributed by atoms with Crippen LogP contribution in [-0.2, 0) is 38.1 Å². The highest BCUT2D eigenvalue weighted by atomic mass is 16.6. The van der Waals surface area contributed by atoms with E-state index in [1.807, 2.05) is 0 Å². The molecule has 234 valence electrons. The molecule has 0 heterocycles. The van der Waals surface area contributed by atoms with Crippen LogP contribution >= 0.6 is 0 Å². The Kier molecular flexibility index (Phi) is 25.6. The molecule has 0 bridgehead atoms.